The Morgan fingerprint density at radius 1 is 1.36 bits per heavy atom. The average molecular weight is 342 g/mol. The van der Waals surface area contributed by atoms with Gasteiger partial charge in [-0.15, -0.1) is 0 Å². The number of nitrogens with one attached hydrogen (secondary N) is 1. The highest BCUT2D eigenvalue weighted by Crippen LogP contribution is 2.26. The zero-order valence-electron chi connectivity index (χ0n) is 14.4. The van der Waals surface area contributed by atoms with Gasteiger partial charge in [-0.25, -0.2) is 9.78 Å². The van der Waals surface area contributed by atoms with Gasteiger partial charge < -0.3 is 14.5 Å². The van der Waals surface area contributed by atoms with E-state index in [4.69, 9.17) is 4.74 Å². The van der Waals surface area contributed by atoms with E-state index in [1.165, 1.54) is 6.07 Å². The van der Waals surface area contributed by atoms with Crippen molar-refractivity contribution in [2.45, 2.75) is 18.9 Å². The summed E-state index contributed by atoms with van der Waals surface area (Å²) >= 11 is 0. The van der Waals surface area contributed by atoms with Gasteiger partial charge in [-0.1, -0.05) is 30.3 Å². The SMILES string of the molecule is CN(C)c1nc(C2CCN(C(=O)OCc3ccccc3)C2)cc(=O)[nH]1. The number of aromatic nitrogens is 2. The largest absolute Gasteiger partial charge is 0.445 e. The molecule has 25 heavy (non-hydrogen) atoms. The Labute approximate surface area is 146 Å². The number of ether oxygens (including phenoxy) is 1. The topological polar surface area (TPSA) is 78.5 Å². The van der Waals surface area contributed by atoms with Crippen LogP contribution in [0.5, 0.6) is 0 Å². The van der Waals surface area contributed by atoms with Gasteiger partial charge in [0, 0.05) is 39.2 Å². The summed E-state index contributed by atoms with van der Waals surface area (Å²) in [5.74, 6) is 0.567. The lowest BCUT2D eigenvalue weighted by atomic mass is 10.1. The molecular formula is C18H22N4O3. The lowest BCUT2D eigenvalue weighted by molar-refractivity contribution is 0.104. The van der Waals surface area contributed by atoms with Crippen molar-refractivity contribution >= 4 is 12.0 Å². The van der Waals surface area contributed by atoms with Gasteiger partial charge >= 0.3 is 6.09 Å². The molecule has 132 valence electrons. The van der Waals surface area contributed by atoms with E-state index in [1.807, 2.05) is 44.4 Å². The summed E-state index contributed by atoms with van der Waals surface area (Å²) in [6.07, 6.45) is 0.438. The third kappa shape index (κ3) is 4.17. The molecule has 7 heteroatoms. The number of anilines is 1. The summed E-state index contributed by atoms with van der Waals surface area (Å²) in [6.45, 7) is 1.37. The first-order valence-electron chi connectivity index (χ1n) is 8.27. The second-order valence-electron chi connectivity index (χ2n) is 6.36. The third-order valence-electron chi connectivity index (χ3n) is 4.24. The number of carbonyl (C=O) groups is 1. The van der Waals surface area contributed by atoms with Crippen molar-refractivity contribution in [1.82, 2.24) is 14.9 Å². The maximum absolute atomic E-state index is 12.2. The Hall–Kier alpha value is -2.83. The van der Waals surface area contributed by atoms with Crippen molar-refractivity contribution in [1.29, 1.82) is 0 Å². The van der Waals surface area contributed by atoms with Crippen LogP contribution in [0.1, 0.15) is 23.6 Å². The second-order valence-corrected chi connectivity index (χ2v) is 6.36. The molecule has 1 unspecified atom stereocenters. The molecule has 1 aromatic heterocycles. The summed E-state index contributed by atoms with van der Waals surface area (Å²) < 4.78 is 5.37. The van der Waals surface area contributed by atoms with Crippen LogP contribution in [0.2, 0.25) is 0 Å². The number of aromatic amines is 1. The van der Waals surface area contributed by atoms with Crippen LogP contribution in [0, 0.1) is 0 Å². The minimum absolute atomic E-state index is 0.0466. The summed E-state index contributed by atoms with van der Waals surface area (Å²) in [7, 11) is 3.65. The number of likely N-dealkylation sites (tertiary alicyclic amines) is 1. The highest BCUT2D eigenvalue weighted by molar-refractivity contribution is 5.68. The molecular weight excluding hydrogens is 320 g/mol. The van der Waals surface area contributed by atoms with Gasteiger partial charge in [0.25, 0.3) is 5.56 Å². The van der Waals surface area contributed by atoms with Crippen molar-refractivity contribution in [2.24, 2.45) is 0 Å². The molecule has 0 bridgehead atoms. The number of H-pyrrole nitrogens is 1. The molecule has 1 fully saturated rings. The first-order chi connectivity index (χ1) is 12.0. The maximum Gasteiger partial charge on any atom is 0.410 e. The van der Waals surface area contributed by atoms with Crippen molar-refractivity contribution in [3.63, 3.8) is 0 Å². The van der Waals surface area contributed by atoms with E-state index in [-0.39, 0.29) is 24.2 Å². The van der Waals surface area contributed by atoms with E-state index in [2.05, 4.69) is 9.97 Å². The first kappa shape index (κ1) is 17.0. The zero-order chi connectivity index (χ0) is 17.8. The van der Waals surface area contributed by atoms with Gasteiger partial charge in [-0.05, 0) is 12.0 Å². The molecule has 1 aliphatic heterocycles. The number of benzene rings is 1. The predicted molar refractivity (Wildman–Crippen MR) is 94.7 cm³/mol. The summed E-state index contributed by atoms with van der Waals surface area (Å²) in [5, 5.41) is 0. The van der Waals surface area contributed by atoms with E-state index in [1.54, 1.807) is 9.80 Å². The van der Waals surface area contributed by atoms with E-state index in [0.29, 0.717) is 24.7 Å². The van der Waals surface area contributed by atoms with Crippen molar-refractivity contribution in [3.05, 3.63) is 58.0 Å². The number of carbonyl (C=O) groups excluding carboxylic acids is 1. The molecule has 0 spiro atoms. The van der Waals surface area contributed by atoms with E-state index in [0.717, 1.165) is 12.0 Å². The number of nitrogens with zero attached hydrogens (tertiary/aromatic N) is 3. The van der Waals surface area contributed by atoms with Crippen LogP contribution in [0.25, 0.3) is 0 Å². The van der Waals surface area contributed by atoms with Gasteiger partial charge in [0.1, 0.15) is 6.61 Å². The van der Waals surface area contributed by atoms with Gasteiger partial charge in [0.2, 0.25) is 5.95 Å². The van der Waals surface area contributed by atoms with Crippen LogP contribution < -0.4 is 10.5 Å². The Morgan fingerprint density at radius 3 is 2.84 bits per heavy atom. The highest BCUT2D eigenvalue weighted by atomic mass is 16.6. The van der Waals surface area contributed by atoms with Crippen LogP contribution in [-0.2, 0) is 11.3 Å². The lowest BCUT2D eigenvalue weighted by Crippen LogP contribution is -2.29. The van der Waals surface area contributed by atoms with Gasteiger partial charge in [-0.3, -0.25) is 9.78 Å². The van der Waals surface area contributed by atoms with E-state index in [9.17, 15) is 9.59 Å². The molecule has 7 nitrogen and oxygen atoms in total. The van der Waals surface area contributed by atoms with Gasteiger partial charge in [0.15, 0.2) is 0 Å². The number of rotatable bonds is 4. The van der Waals surface area contributed by atoms with Crippen molar-refractivity contribution in [3.8, 4) is 0 Å². The molecule has 0 radical (unpaired) electrons. The lowest BCUT2D eigenvalue weighted by Gasteiger charge is -2.17. The van der Waals surface area contributed by atoms with Crippen LogP contribution in [0.3, 0.4) is 0 Å². The standard InChI is InChI=1S/C18H22N4O3/c1-21(2)17-19-15(10-16(23)20-17)14-8-9-22(11-14)18(24)25-12-13-6-4-3-5-7-13/h3-7,10,14H,8-9,11-12H2,1-2H3,(H,19,20,23). The van der Waals surface area contributed by atoms with E-state index >= 15 is 0 Å². The van der Waals surface area contributed by atoms with Crippen LogP contribution in [0.15, 0.2) is 41.2 Å². The number of hydrogen-bond donors (Lipinski definition) is 1. The fourth-order valence-electron chi connectivity index (χ4n) is 2.86. The fraction of sp³-hybridized carbons (Fsp3) is 0.389. The zero-order valence-corrected chi connectivity index (χ0v) is 14.4. The first-order valence-corrected chi connectivity index (χ1v) is 8.27. The fourth-order valence-corrected chi connectivity index (χ4v) is 2.86. The smallest absolute Gasteiger partial charge is 0.410 e. The molecule has 3 rings (SSSR count). The normalized spacial score (nSPS) is 16.7. The Morgan fingerprint density at radius 2 is 2.12 bits per heavy atom. The molecule has 0 aliphatic carbocycles. The van der Waals surface area contributed by atoms with Gasteiger partial charge in [-0.2, -0.15) is 0 Å². The minimum atomic E-state index is -0.330. The quantitative estimate of drug-likeness (QED) is 0.919. The second kappa shape index (κ2) is 7.38. The van der Waals surface area contributed by atoms with Crippen LogP contribution >= 0.6 is 0 Å². The monoisotopic (exact) mass is 342 g/mol. The third-order valence-corrected chi connectivity index (χ3v) is 4.24. The number of hydrogen-bond acceptors (Lipinski definition) is 5. The predicted octanol–water partition coefficient (Wildman–Crippen LogP) is 1.96. The van der Waals surface area contributed by atoms with Gasteiger partial charge in [0.05, 0.1) is 5.69 Å². The molecule has 1 atom stereocenters. The Kier molecular flexibility index (Phi) is 5.02. The molecule has 2 heterocycles. The number of amides is 1. The van der Waals surface area contributed by atoms with E-state index < -0.39 is 0 Å². The minimum Gasteiger partial charge on any atom is -0.445 e. The Bertz CT molecular complexity index is 788. The van der Waals surface area contributed by atoms with Crippen molar-refractivity contribution in [2.75, 3.05) is 32.1 Å². The van der Waals surface area contributed by atoms with Crippen LogP contribution in [-0.4, -0.2) is 48.1 Å². The Balaban J connectivity index is 1.61. The average Bonchev–Trinajstić information content (AvgIpc) is 3.10. The molecule has 0 saturated carbocycles. The molecule has 2 aromatic rings. The molecule has 1 aromatic carbocycles. The summed E-state index contributed by atoms with van der Waals surface area (Å²) in [4.78, 5) is 34.7. The molecule has 1 N–H and O–H groups in total. The molecule has 1 saturated heterocycles. The highest BCUT2D eigenvalue weighted by Gasteiger charge is 2.29. The summed E-state index contributed by atoms with van der Waals surface area (Å²) in [5.41, 5.74) is 1.49. The molecule has 1 amide bonds. The maximum atomic E-state index is 12.2. The summed E-state index contributed by atoms with van der Waals surface area (Å²) in [6, 6.07) is 11.1. The van der Waals surface area contributed by atoms with Crippen molar-refractivity contribution < 1.29 is 9.53 Å². The van der Waals surface area contributed by atoms with Crippen LogP contribution in [0.4, 0.5) is 10.7 Å². The molecule has 1 aliphatic rings.